The molecule has 0 bridgehead atoms. The molecule has 2 aromatic carbocycles. The van der Waals surface area contributed by atoms with Crippen LogP contribution in [0, 0.1) is 0 Å². The lowest BCUT2D eigenvalue weighted by Gasteiger charge is -2.05. The molecule has 0 aromatic heterocycles. The van der Waals surface area contributed by atoms with Gasteiger partial charge in [0.15, 0.2) is 9.84 Å². The van der Waals surface area contributed by atoms with E-state index in [1.54, 1.807) is 0 Å². The van der Waals surface area contributed by atoms with E-state index in [1.165, 1.54) is 48.5 Å². The molecule has 0 aliphatic rings. The molecule has 0 atom stereocenters. The summed E-state index contributed by atoms with van der Waals surface area (Å²) in [5.41, 5.74) is 0. The van der Waals surface area contributed by atoms with Gasteiger partial charge in [-0.25, -0.2) is 16.8 Å². The molecule has 5 nitrogen and oxygen atoms in total. The Hall–Kier alpha value is -1.86. The van der Waals surface area contributed by atoms with E-state index >= 15 is 0 Å². The van der Waals surface area contributed by atoms with E-state index in [0.717, 1.165) is 6.26 Å². The molecule has 0 aliphatic heterocycles. The molecule has 0 fully saturated rings. The molecular formula is C13H12O5S2. The first-order valence-electron chi connectivity index (χ1n) is 5.55. The second kappa shape index (κ2) is 4.92. The summed E-state index contributed by atoms with van der Waals surface area (Å²) in [5, 5.41) is 9.16. The zero-order valence-corrected chi connectivity index (χ0v) is 12.1. The smallest absolute Gasteiger partial charge is 0.206 e. The molecule has 0 aliphatic carbocycles. The van der Waals surface area contributed by atoms with Crippen LogP contribution in [-0.2, 0) is 19.7 Å². The van der Waals surface area contributed by atoms with Crippen LogP contribution in [0.4, 0.5) is 0 Å². The molecule has 0 spiro atoms. The van der Waals surface area contributed by atoms with Gasteiger partial charge in [0, 0.05) is 6.26 Å². The van der Waals surface area contributed by atoms with Crippen LogP contribution in [0.5, 0.6) is 5.75 Å². The normalized spacial score (nSPS) is 12.2. The highest BCUT2D eigenvalue weighted by molar-refractivity contribution is 7.91. The van der Waals surface area contributed by atoms with Crippen molar-refractivity contribution in [3.05, 3.63) is 48.5 Å². The van der Waals surface area contributed by atoms with E-state index in [-0.39, 0.29) is 20.4 Å². The van der Waals surface area contributed by atoms with Crippen molar-refractivity contribution in [2.75, 3.05) is 6.26 Å². The summed E-state index contributed by atoms with van der Waals surface area (Å²) < 4.78 is 47.2. The Balaban J connectivity index is 2.48. The van der Waals surface area contributed by atoms with Gasteiger partial charge in [-0.15, -0.1) is 0 Å². The average Bonchev–Trinajstić information content (AvgIpc) is 2.38. The van der Waals surface area contributed by atoms with Gasteiger partial charge in [-0.2, -0.15) is 0 Å². The van der Waals surface area contributed by atoms with Crippen molar-refractivity contribution in [1.29, 1.82) is 0 Å². The van der Waals surface area contributed by atoms with E-state index < -0.39 is 19.7 Å². The number of phenolic OH excluding ortho intramolecular Hbond substituents is 1. The van der Waals surface area contributed by atoms with Crippen molar-refractivity contribution in [2.45, 2.75) is 14.7 Å². The standard InChI is InChI=1S/C13H12O5S2/c1-19(15,16)11-6-8-13(9-7-11)20(17,18)12-4-2-10(14)3-5-12/h2-9,14H,1H3. The Bertz CT molecular complexity index is 817. The topological polar surface area (TPSA) is 88.5 Å². The third kappa shape index (κ3) is 2.83. The van der Waals surface area contributed by atoms with Crippen LogP contribution >= 0.6 is 0 Å². The molecule has 7 heteroatoms. The van der Waals surface area contributed by atoms with E-state index in [2.05, 4.69) is 0 Å². The zero-order valence-electron chi connectivity index (χ0n) is 10.5. The molecular weight excluding hydrogens is 300 g/mol. The first-order chi connectivity index (χ1) is 9.21. The number of hydrogen-bond donors (Lipinski definition) is 1. The van der Waals surface area contributed by atoms with E-state index in [1.807, 2.05) is 0 Å². The van der Waals surface area contributed by atoms with Crippen LogP contribution in [-0.4, -0.2) is 28.2 Å². The molecule has 106 valence electrons. The molecule has 2 rings (SSSR count). The van der Waals surface area contributed by atoms with Crippen molar-refractivity contribution < 1.29 is 21.9 Å². The molecule has 0 radical (unpaired) electrons. The van der Waals surface area contributed by atoms with Crippen molar-refractivity contribution in [1.82, 2.24) is 0 Å². The van der Waals surface area contributed by atoms with Gasteiger partial charge < -0.3 is 5.11 Å². The fraction of sp³-hybridized carbons (Fsp3) is 0.0769. The lowest BCUT2D eigenvalue weighted by molar-refractivity contribution is 0.475. The summed E-state index contributed by atoms with van der Waals surface area (Å²) >= 11 is 0. The third-order valence-electron chi connectivity index (χ3n) is 2.71. The number of sulfone groups is 2. The minimum atomic E-state index is -3.72. The van der Waals surface area contributed by atoms with Crippen molar-refractivity contribution in [3.63, 3.8) is 0 Å². The fourth-order valence-corrected chi connectivity index (χ4v) is 3.52. The second-order valence-corrected chi connectivity index (χ2v) is 8.21. The maximum absolute atomic E-state index is 12.3. The molecule has 0 saturated carbocycles. The van der Waals surface area contributed by atoms with E-state index in [9.17, 15) is 16.8 Å². The largest absolute Gasteiger partial charge is 0.508 e. The molecule has 2 aromatic rings. The highest BCUT2D eigenvalue weighted by Gasteiger charge is 2.18. The fourth-order valence-electron chi connectivity index (χ4n) is 1.63. The highest BCUT2D eigenvalue weighted by Crippen LogP contribution is 2.23. The Morgan fingerprint density at radius 3 is 1.45 bits per heavy atom. The van der Waals surface area contributed by atoms with Crippen LogP contribution in [0.2, 0.25) is 0 Å². The molecule has 0 saturated heterocycles. The number of aromatic hydroxyl groups is 1. The van der Waals surface area contributed by atoms with E-state index in [4.69, 9.17) is 5.11 Å². The molecule has 1 N–H and O–H groups in total. The van der Waals surface area contributed by atoms with Gasteiger partial charge in [0.05, 0.1) is 14.7 Å². The summed E-state index contributed by atoms with van der Waals surface area (Å²) in [5.74, 6) is -0.0311. The average molecular weight is 312 g/mol. The maximum atomic E-state index is 12.3. The predicted octanol–water partition coefficient (Wildman–Crippen LogP) is 1.63. The van der Waals surface area contributed by atoms with Gasteiger partial charge in [0.25, 0.3) is 0 Å². The van der Waals surface area contributed by atoms with Gasteiger partial charge in [-0.1, -0.05) is 0 Å². The Morgan fingerprint density at radius 1 is 0.700 bits per heavy atom. The van der Waals surface area contributed by atoms with Gasteiger partial charge in [-0.3, -0.25) is 0 Å². The summed E-state index contributed by atoms with van der Waals surface area (Å²) in [4.78, 5) is 0.0835. The molecule has 20 heavy (non-hydrogen) atoms. The third-order valence-corrected chi connectivity index (χ3v) is 5.62. The number of rotatable bonds is 3. The summed E-state index contributed by atoms with van der Waals surface area (Å²) in [6, 6.07) is 10.1. The van der Waals surface area contributed by atoms with Crippen LogP contribution in [0.1, 0.15) is 0 Å². The van der Waals surface area contributed by atoms with Gasteiger partial charge in [0.2, 0.25) is 9.84 Å². The first kappa shape index (κ1) is 14.5. The number of phenols is 1. The Morgan fingerprint density at radius 2 is 1.05 bits per heavy atom. The highest BCUT2D eigenvalue weighted by atomic mass is 32.2. The Labute approximate surface area is 117 Å². The molecule has 0 heterocycles. The minimum Gasteiger partial charge on any atom is -0.508 e. The van der Waals surface area contributed by atoms with Crippen LogP contribution < -0.4 is 0 Å². The maximum Gasteiger partial charge on any atom is 0.206 e. The van der Waals surface area contributed by atoms with Crippen molar-refractivity contribution >= 4 is 19.7 Å². The minimum absolute atomic E-state index is 0.00408. The van der Waals surface area contributed by atoms with Crippen LogP contribution in [0.15, 0.2) is 63.2 Å². The predicted molar refractivity (Wildman–Crippen MR) is 73.1 cm³/mol. The van der Waals surface area contributed by atoms with Gasteiger partial charge in [0.1, 0.15) is 5.75 Å². The van der Waals surface area contributed by atoms with Crippen LogP contribution in [0.25, 0.3) is 0 Å². The first-order valence-corrected chi connectivity index (χ1v) is 8.93. The Kier molecular flexibility index (Phi) is 3.58. The quantitative estimate of drug-likeness (QED) is 0.930. The number of hydrogen-bond acceptors (Lipinski definition) is 5. The second-order valence-electron chi connectivity index (χ2n) is 4.24. The summed E-state index contributed by atoms with van der Waals surface area (Å²) in [6.45, 7) is 0. The zero-order chi connectivity index (χ0) is 15.0. The summed E-state index contributed by atoms with van der Waals surface area (Å²) in [6.07, 6.45) is 1.05. The molecule has 0 amide bonds. The molecule has 0 unspecified atom stereocenters. The number of benzene rings is 2. The monoisotopic (exact) mass is 312 g/mol. The van der Waals surface area contributed by atoms with E-state index in [0.29, 0.717) is 0 Å². The summed E-state index contributed by atoms with van der Waals surface area (Å²) in [7, 11) is -7.09. The lowest BCUT2D eigenvalue weighted by Crippen LogP contribution is -2.03. The SMILES string of the molecule is CS(=O)(=O)c1ccc(S(=O)(=O)c2ccc(O)cc2)cc1. The van der Waals surface area contributed by atoms with Gasteiger partial charge >= 0.3 is 0 Å². The van der Waals surface area contributed by atoms with Crippen LogP contribution in [0.3, 0.4) is 0 Å². The van der Waals surface area contributed by atoms with Crippen molar-refractivity contribution in [3.8, 4) is 5.75 Å². The lowest BCUT2D eigenvalue weighted by atomic mass is 10.3. The van der Waals surface area contributed by atoms with Gasteiger partial charge in [-0.05, 0) is 48.5 Å². The van der Waals surface area contributed by atoms with Crippen molar-refractivity contribution in [2.24, 2.45) is 0 Å².